The molecule has 0 saturated carbocycles. The summed E-state index contributed by atoms with van der Waals surface area (Å²) in [6.07, 6.45) is 4.84. The molecule has 3 heterocycles. The number of likely N-dealkylation sites (tertiary alicyclic amines) is 1. The number of carbonyl (C=O) groups excluding carboxylic acids is 1. The number of hydrogen-bond donors (Lipinski definition) is 1. The van der Waals surface area contributed by atoms with Crippen molar-refractivity contribution in [2.75, 3.05) is 78.7 Å². The lowest BCUT2D eigenvalue weighted by molar-refractivity contribution is -0.132. The summed E-state index contributed by atoms with van der Waals surface area (Å²) in [4.78, 5) is 26.9. The molecule has 0 aromatic heterocycles. The summed E-state index contributed by atoms with van der Waals surface area (Å²) in [6, 6.07) is 0.854. The molecule has 3 aliphatic heterocycles. The molecule has 8 nitrogen and oxygen atoms in total. The highest BCUT2D eigenvalue weighted by atomic mass is 16.5. The summed E-state index contributed by atoms with van der Waals surface area (Å²) in [5, 5.41) is 3.48. The molecule has 3 saturated heterocycles. The Bertz CT molecular complexity index is 570. The standard InChI is InChI=1S/C23H44N6O2/c1-4-24-23(25-17-20(2)29-15-16-31-19-21(29)3)28-13-11-26(12-14-28)18-22(30)27-9-7-5-6-8-10-27/h20-21H,4-19H2,1-3H3,(H,24,25). The van der Waals surface area contributed by atoms with Gasteiger partial charge < -0.3 is 19.9 Å². The Morgan fingerprint density at radius 3 is 2.39 bits per heavy atom. The largest absolute Gasteiger partial charge is 0.379 e. The number of aliphatic imine (C=N–C) groups is 1. The van der Waals surface area contributed by atoms with Gasteiger partial charge in [0, 0.05) is 64.4 Å². The van der Waals surface area contributed by atoms with Crippen molar-refractivity contribution in [2.24, 2.45) is 4.99 Å². The zero-order valence-electron chi connectivity index (χ0n) is 20.0. The third-order valence-electron chi connectivity index (χ3n) is 6.81. The van der Waals surface area contributed by atoms with Crippen LogP contribution in [0.25, 0.3) is 0 Å². The SMILES string of the molecule is CCNC(=NCC(C)N1CCOCC1C)N1CCN(CC(=O)N2CCCCCC2)CC1. The van der Waals surface area contributed by atoms with Gasteiger partial charge in [0.1, 0.15) is 0 Å². The molecule has 3 rings (SSSR count). The summed E-state index contributed by atoms with van der Waals surface area (Å²) in [5.41, 5.74) is 0. The maximum Gasteiger partial charge on any atom is 0.236 e. The summed E-state index contributed by atoms with van der Waals surface area (Å²) in [5.74, 6) is 1.32. The molecule has 1 N–H and O–H groups in total. The lowest BCUT2D eigenvalue weighted by Crippen LogP contribution is -2.54. The molecule has 0 aliphatic carbocycles. The smallest absolute Gasteiger partial charge is 0.236 e. The summed E-state index contributed by atoms with van der Waals surface area (Å²) in [6.45, 7) is 17.0. The number of guanidine groups is 1. The zero-order chi connectivity index (χ0) is 22.1. The molecule has 8 heteroatoms. The molecule has 0 aromatic carbocycles. The van der Waals surface area contributed by atoms with Crippen molar-refractivity contribution in [3.05, 3.63) is 0 Å². The highest BCUT2D eigenvalue weighted by Gasteiger charge is 2.26. The Morgan fingerprint density at radius 1 is 1.03 bits per heavy atom. The van der Waals surface area contributed by atoms with E-state index in [2.05, 4.69) is 45.7 Å². The Labute approximate surface area is 189 Å². The van der Waals surface area contributed by atoms with Gasteiger partial charge in [-0.1, -0.05) is 12.8 Å². The molecule has 2 atom stereocenters. The van der Waals surface area contributed by atoms with Gasteiger partial charge in [-0.3, -0.25) is 19.6 Å². The van der Waals surface area contributed by atoms with Gasteiger partial charge in [0.05, 0.1) is 26.3 Å². The minimum absolute atomic E-state index is 0.310. The number of morpholine rings is 1. The van der Waals surface area contributed by atoms with E-state index in [-0.39, 0.29) is 0 Å². The Morgan fingerprint density at radius 2 is 1.74 bits per heavy atom. The van der Waals surface area contributed by atoms with Crippen molar-refractivity contribution in [1.29, 1.82) is 0 Å². The van der Waals surface area contributed by atoms with E-state index in [4.69, 9.17) is 9.73 Å². The van der Waals surface area contributed by atoms with Crippen LogP contribution >= 0.6 is 0 Å². The first-order valence-corrected chi connectivity index (χ1v) is 12.5. The van der Waals surface area contributed by atoms with E-state index < -0.39 is 0 Å². The Hall–Kier alpha value is -1.38. The van der Waals surface area contributed by atoms with Crippen LogP contribution in [0, 0.1) is 0 Å². The zero-order valence-corrected chi connectivity index (χ0v) is 20.0. The minimum atomic E-state index is 0.310. The average Bonchev–Trinajstić information content (AvgIpc) is 3.07. The molecule has 0 bridgehead atoms. The van der Waals surface area contributed by atoms with Gasteiger partial charge in [-0.25, -0.2) is 0 Å². The van der Waals surface area contributed by atoms with Gasteiger partial charge in [-0.2, -0.15) is 0 Å². The van der Waals surface area contributed by atoms with Crippen LogP contribution in [0.1, 0.15) is 46.5 Å². The number of ether oxygens (including phenoxy) is 1. The number of carbonyl (C=O) groups is 1. The van der Waals surface area contributed by atoms with Gasteiger partial charge in [0.15, 0.2) is 5.96 Å². The fourth-order valence-electron chi connectivity index (χ4n) is 4.87. The molecule has 31 heavy (non-hydrogen) atoms. The predicted octanol–water partition coefficient (Wildman–Crippen LogP) is 1.08. The van der Waals surface area contributed by atoms with Gasteiger partial charge >= 0.3 is 0 Å². The second-order valence-corrected chi connectivity index (χ2v) is 9.26. The number of nitrogens with zero attached hydrogens (tertiary/aromatic N) is 5. The van der Waals surface area contributed by atoms with Gasteiger partial charge in [-0.15, -0.1) is 0 Å². The number of amides is 1. The lowest BCUT2D eigenvalue weighted by atomic mass is 10.2. The van der Waals surface area contributed by atoms with Crippen LogP contribution in [-0.2, 0) is 9.53 Å². The number of nitrogens with one attached hydrogen (secondary N) is 1. The second-order valence-electron chi connectivity index (χ2n) is 9.26. The first-order chi connectivity index (χ1) is 15.1. The van der Waals surface area contributed by atoms with Crippen LogP contribution in [0.5, 0.6) is 0 Å². The van der Waals surface area contributed by atoms with E-state index in [1.54, 1.807) is 0 Å². The first-order valence-electron chi connectivity index (χ1n) is 12.5. The highest BCUT2D eigenvalue weighted by Crippen LogP contribution is 2.13. The monoisotopic (exact) mass is 436 g/mol. The van der Waals surface area contributed by atoms with Gasteiger partial charge in [0.25, 0.3) is 0 Å². The van der Waals surface area contributed by atoms with E-state index >= 15 is 0 Å². The van der Waals surface area contributed by atoms with Crippen molar-refractivity contribution >= 4 is 11.9 Å². The van der Waals surface area contributed by atoms with Gasteiger partial charge in [0.2, 0.25) is 5.91 Å². The average molecular weight is 437 g/mol. The van der Waals surface area contributed by atoms with E-state index in [0.717, 1.165) is 90.9 Å². The quantitative estimate of drug-likeness (QED) is 0.497. The molecule has 0 spiro atoms. The van der Waals surface area contributed by atoms with Crippen LogP contribution in [-0.4, -0.2) is 122 Å². The van der Waals surface area contributed by atoms with Crippen LogP contribution < -0.4 is 5.32 Å². The van der Waals surface area contributed by atoms with Crippen LogP contribution in [0.4, 0.5) is 0 Å². The normalized spacial score (nSPS) is 25.9. The lowest BCUT2D eigenvalue weighted by Gasteiger charge is -2.38. The molecule has 3 aliphatic rings. The molecule has 3 fully saturated rings. The summed E-state index contributed by atoms with van der Waals surface area (Å²) in [7, 11) is 0. The number of piperazine rings is 1. The van der Waals surface area contributed by atoms with Crippen molar-refractivity contribution in [3.63, 3.8) is 0 Å². The first kappa shape index (κ1) is 24.3. The maximum atomic E-state index is 12.7. The van der Waals surface area contributed by atoms with E-state index in [0.29, 0.717) is 24.5 Å². The number of rotatable bonds is 6. The summed E-state index contributed by atoms with van der Waals surface area (Å²) >= 11 is 0. The fraction of sp³-hybridized carbons (Fsp3) is 0.913. The molecular weight excluding hydrogens is 392 g/mol. The second kappa shape index (κ2) is 12.6. The topological polar surface area (TPSA) is 63.7 Å². The van der Waals surface area contributed by atoms with Crippen molar-refractivity contribution in [2.45, 2.75) is 58.5 Å². The molecule has 0 radical (unpaired) electrons. The van der Waals surface area contributed by atoms with Crippen molar-refractivity contribution in [1.82, 2.24) is 24.9 Å². The van der Waals surface area contributed by atoms with Crippen LogP contribution in [0.3, 0.4) is 0 Å². The molecule has 1 amide bonds. The minimum Gasteiger partial charge on any atom is -0.379 e. The van der Waals surface area contributed by atoms with E-state index in [9.17, 15) is 4.79 Å². The van der Waals surface area contributed by atoms with E-state index in [1.807, 2.05) is 0 Å². The summed E-state index contributed by atoms with van der Waals surface area (Å²) < 4.78 is 5.57. The van der Waals surface area contributed by atoms with Crippen LogP contribution in [0.2, 0.25) is 0 Å². The molecule has 2 unspecified atom stereocenters. The maximum absolute atomic E-state index is 12.7. The molecular formula is C23H44N6O2. The molecule has 0 aromatic rings. The third kappa shape index (κ3) is 7.32. The van der Waals surface area contributed by atoms with Crippen LogP contribution in [0.15, 0.2) is 4.99 Å². The highest BCUT2D eigenvalue weighted by molar-refractivity contribution is 5.80. The molecule has 178 valence electrons. The van der Waals surface area contributed by atoms with Crippen molar-refractivity contribution in [3.8, 4) is 0 Å². The fourth-order valence-corrected chi connectivity index (χ4v) is 4.87. The van der Waals surface area contributed by atoms with Gasteiger partial charge in [-0.05, 0) is 33.6 Å². The number of hydrogen-bond acceptors (Lipinski definition) is 5. The Kier molecular flexibility index (Phi) is 9.87. The Balaban J connectivity index is 1.47. The van der Waals surface area contributed by atoms with E-state index in [1.165, 1.54) is 12.8 Å². The van der Waals surface area contributed by atoms with Crippen molar-refractivity contribution < 1.29 is 9.53 Å². The predicted molar refractivity (Wildman–Crippen MR) is 125 cm³/mol. The third-order valence-corrected chi connectivity index (χ3v) is 6.81.